The van der Waals surface area contributed by atoms with Gasteiger partial charge in [0.15, 0.2) is 17.3 Å². The molecule has 0 radical (unpaired) electrons. The third-order valence-corrected chi connectivity index (χ3v) is 3.90. The molecule has 7 nitrogen and oxygen atoms in total. The molecule has 0 saturated heterocycles. The van der Waals surface area contributed by atoms with E-state index in [1.807, 2.05) is 31.2 Å². The number of phenols is 1. The first-order valence-electron chi connectivity index (χ1n) is 7.95. The van der Waals surface area contributed by atoms with E-state index in [1.165, 1.54) is 10.9 Å². The molecule has 0 aliphatic carbocycles. The quantitative estimate of drug-likeness (QED) is 0.511. The Hall–Kier alpha value is -3.13. The zero-order valence-corrected chi connectivity index (χ0v) is 15.2. The van der Waals surface area contributed by atoms with Crippen molar-refractivity contribution in [1.82, 2.24) is 14.9 Å². The van der Waals surface area contributed by atoms with Crippen molar-refractivity contribution in [3.05, 3.63) is 52.8 Å². The number of ether oxygens (including phenoxy) is 2. The van der Waals surface area contributed by atoms with Crippen LogP contribution in [0.15, 0.2) is 47.6 Å². The second kappa shape index (κ2) is 7.83. The average molecular weight is 370 g/mol. The van der Waals surface area contributed by atoms with Crippen LogP contribution < -0.4 is 9.47 Å². The highest BCUT2D eigenvalue weighted by molar-refractivity contribution is 7.71. The van der Waals surface area contributed by atoms with E-state index in [2.05, 4.69) is 15.3 Å². The van der Waals surface area contributed by atoms with Gasteiger partial charge in [-0.3, -0.25) is 0 Å². The molecule has 0 unspecified atom stereocenters. The van der Waals surface area contributed by atoms with Gasteiger partial charge in [0.1, 0.15) is 5.75 Å². The lowest BCUT2D eigenvalue weighted by molar-refractivity contribution is 0.318. The fraction of sp³-hybridized carbons (Fsp3) is 0.167. The van der Waals surface area contributed by atoms with E-state index in [0.717, 1.165) is 5.56 Å². The number of phenolic OH excluding ortho intramolecular Hbond substituents is 1. The van der Waals surface area contributed by atoms with Gasteiger partial charge in [-0.25, -0.2) is 5.10 Å². The molecule has 0 atom stereocenters. The lowest BCUT2D eigenvalue weighted by atomic mass is 10.2. The predicted octanol–water partition coefficient (Wildman–Crippen LogP) is 3.60. The minimum atomic E-state index is 0.0203. The number of hydrogen-bond acceptors (Lipinski definition) is 6. The van der Waals surface area contributed by atoms with Crippen LogP contribution in [0.1, 0.15) is 12.5 Å². The number of methoxy groups -OCH3 is 1. The summed E-state index contributed by atoms with van der Waals surface area (Å²) in [5.74, 6) is 1.58. The number of H-pyrrole nitrogens is 1. The highest BCUT2D eigenvalue weighted by Crippen LogP contribution is 2.30. The molecular weight excluding hydrogens is 352 g/mol. The lowest BCUT2D eigenvalue weighted by Gasteiger charge is -2.08. The SMILES string of the molecule is CCOc1cccc(/C=N\n2c(-c3ccccc3OC)n[nH]c2=S)c1O. The molecule has 26 heavy (non-hydrogen) atoms. The van der Waals surface area contributed by atoms with Gasteiger partial charge in [-0.05, 0) is 43.4 Å². The minimum absolute atomic E-state index is 0.0203. The van der Waals surface area contributed by atoms with Gasteiger partial charge in [0.25, 0.3) is 0 Å². The molecule has 1 aromatic heterocycles. The molecule has 2 N–H and O–H groups in total. The standard InChI is InChI=1S/C18H18N4O3S/c1-3-25-15-10-6-7-12(16(15)23)11-19-22-17(20-21-18(22)26)13-8-4-5-9-14(13)24-2/h4-11,23H,3H2,1-2H3,(H,21,26)/b19-11-. The number of nitrogens with one attached hydrogen (secondary N) is 1. The highest BCUT2D eigenvalue weighted by Gasteiger charge is 2.13. The lowest BCUT2D eigenvalue weighted by Crippen LogP contribution is -1.98. The fourth-order valence-electron chi connectivity index (χ4n) is 2.44. The number of para-hydroxylation sites is 2. The fourth-order valence-corrected chi connectivity index (χ4v) is 2.62. The second-order valence-corrected chi connectivity index (χ2v) is 5.62. The Morgan fingerprint density at radius 2 is 2.00 bits per heavy atom. The van der Waals surface area contributed by atoms with Gasteiger partial charge in [0.05, 0.1) is 25.5 Å². The summed E-state index contributed by atoms with van der Waals surface area (Å²) in [6.07, 6.45) is 1.50. The van der Waals surface area contributed by atoms with Gasteiger partial charge in [0, 0.05) is 5.56 Å². The van der Waals surface area contributed by atoms with Crippen LogP contribution in [0.4, 0.5) is 0 Å². The van der Waals surface area contributed by atoms with E-state index < -0.39 is 0 Å². The van der Waals surface area contributed by atoms with Crippen LogP contribution in [0.5, 0.6) is 17.2 Å². The Kier molecular flexibility index (Phi) is 5.33. The monoisotopic (exact) mass is 370 g/mol. The summed E-state index contributed by atoms with van der Waals surface area (Å²) in [7, 11) is 1.59. The first-order valence-corrected chi connectivity index (χ1v) is 8.36. The van der Waals surface area contributed by atoms with E-state index in [9.17, 15) is 5.11 Å². The molecule has 134 valence electrons. The first kappa shape index (κ1) is 17.7. The van der Waals surface area contributed by atoms with Crippen LogP contribution in [-0.2, 0) is 0 Å². The maximum absolute atomic E-state index is 10.3. The van der Waals surface area contributed by atoms with E-state index in [0.29, 0.717) is 34.3 Å². The molecular formula is C18H18N4O3S. The number of aromatic amines is 1. The topological polar surface area (TPSA) is 84.7 Å². The average Bonchev–Trinajstić information content (AvgIpc) is 3.03. The van der Waals surface area contributed by atoms with Crippen molar-refractivity contribution >= 4 is 18.4 Å². The van der Waals surface area contributed by atoms with Crippen LogP contribution in [0, 0.1) is 4.77 Å². The van der Waals surface area contributed by atoms with Crippen molar-refractivity contribution in [3.8, 4) is 28.6 Å². The molecule has 0 bridgehead atoms. The normalized spacial score (nSPS) is 11.0. The molecule has 3 aromatic rings. The number of benzene rings is 2. The van der Waals surface area contributed by atoms with Crippen LogP contribution in [-0.4, -0.2) is 39.9 Å². The third kappa shape index (κ3) is 3.45. The summed E-state index contributed by atoms with van der Waals surface area (Å²) >= 11 is 5.27. The van der Waals surface area contributed by atoms with E-state index >= 15 is 0 Å². The number of aromatic hydroxyl groups is 1. The van der Waals surface area contributed by atoms with Crippen molar-refractivity contribution in [2.24, 2.45) is 5.10 Å². The minimum Gasteiger partial charge on any atom is -0.504 e. The van der Waals surface area contributed by atoms with Crippen molar-refractivity contribution in [2.75, 3.05) is 13.7 Å². The van der Waals surface area contributed by atoms with Gasteiger partial charge >= 0.3 is 0 Å². The van der Waals surface area contributed by atoms with E-state index in [1.54, 1.807) is 25.3 Å². The molecule has 0 aliphatic heterocycles. The van der Waals surface area contributed by atoms with Crippen molar-refractivity contribution < 1.29 is 14.6 Å². The summed E-state index contributed by atoms with van der Waals surface area (Å²) in [5.41, 5.74) is 1.25. The Morgan fingerprint density at radius 1 is 1.23 bits per heavy atom. The van der Waals surface area contributed by atoms with Gasteiger partial charge in [-0.2, -0.15) is 14.9 Å². The zero-order valence-electron chi connectivity index (χ0n) is 14.3. The Bertz CT molecular complexity index is 994. The van der Waals surface area contributed by atoms with E-state index in [-0.39, 0.29) is 5.75 Å². The Labute approximate surface area is 155 Å². The maximum atomic E-state index is 10.3. The molecule has 0 saturated carbocycles. The summed E-state index contributed by atoms with van der Waals surface area (Å²) in [4.78, 5) is 0. The largest absolute Gasteiger partial charge is 0.504 e. The Balaban J connectivity index is 2.02. The summed E-state index contributed by atoms with van der Waals surface area (Å²) < 4.78 is 12.6. The highest BCUT2D eigenvalue weighted by atomic mass is 32.1. The van der Waals surface area contributed by atoms with Gasteiger partial charge in [-0.1, -0.05) is 18.2 Å². The van der Waals surface area contributed by atoms with Crippen LogP contribution in [0.3, 0.4) is 0 Å². The van der Waals surface area contributed by atoms with Crippen LogP contribution >= 0.6 is 12.2 Å². The summed E-state index contributed by atoms with van der Waals surface area (Å²) in [5, 5.41) is 21.6. The number of hydrogen-bond donors (Lipinski definition) is 2. The van der Waals surface area contributed by atoms with Crippen LogP contribution in [0.25, 0.3) is 11.4 Å². The zero-order chi connectivity index (χ0) is 18.5. The molecule has 0 fully saturated rings. The van der Waals surface area contributed by atoms with Crippen LogP contribution in [0.2, 0.25) is 0 Å². The number of nitrogens with zero attached hydrogens (tertiary/aromatic N) is 3. The second-order valence-electron chi connectivity index (χ2n) is 5.24. The van der Waals surface area contributed by atoms with E-state index in [4.69, 9.17) is 21.7 Å². The van der Waals surface area contributed by atoms with Crippen molar-refractivity contribution in [2.45, 2.75) is 6.92 Å². The molecule has 0 spiro atoms. The molecule has 3 rings (SSSR count). The maximum Gasteiger partial charge on any atom is 0.216 e. The molecule has 0 amide bonds. The van der Waals surface area contributed by atoms with Gasteiger partial charge in [-0.15, -0.1) is 0 Å². The van der Waals surface area contributed by atoms with Crippen molar-refractivity contribution in [3.63, 3.8) is 0 Å². The number of aromatic nitrogens is 3. The Morgan fingerprint density at radius 3 is 2.77 bits per heavy atom. The number of rotatable bonds is 6. The predicted molar refractivity (Wildman–Crippen MR) is 102 cm³/mol. The molecule has 0 aliphatic rings. The van der Waals surface area contributed by atoms with Gasteiger partial charge < -0.3 is 14.6 Å². The summed E-state index contributed by atoms with van der Waals surface area (Å²) in [6.45, 7) is 2.31. The molecule has 1 heterocycles. The van der Waals surface area contributed by atoms with Crippen molar-refractivity contribution in [1.29, 1.82) is 0 Å². The molecule has 8 heteroatoms. The third-order valence-electron chi connectivity index (χ3n) is 3.64. The smallest absolute Gasteiger partial charge is 0.216 e. The summed E-state index contributed by atoms with van der Waals surface area (Å²) in [6, 6.07) is 12.6. The van der Waals surface area contributed by atoms with Gasteiger partial charge in [0.2, 0.25) is 4.77 Å². The first-order chi connectivity index (χ1) is 12.7. The molecule has 2 aromatic carbocycles.